The van der Waals surface area contributed by atoms with Gasteiger partial charge in [0.2, 0.25) is 5.91 Å². The third-order valence-corrected chi connectivity index (χ3v) is 7.57. The molecule has 2 heterocycles. The van der Waals surface area contributed by atoms with Crippen LogP contribution in [-0.4, -0.2) is 49.7 Å². The van der Waals surface area contributed by atoms with Gasteiger partial charge in [-0.25, -0.2) is 12.8 Å². The lowest BCUT2D eigenvalue weighted by molar-refractivity contribution is -0.131. The van der Waals surface area contributed by atoms with Gasteiger partial charge in [-0.15, -0.1) is 11.3 Å². The largest absolute Gasteiger partial charge is 0.340 e. The molecule has 5 nitrogen and oxygen atoms in total. The Bertz CT molecular complexity index is 872. The normalized spacial score (nSPS) is 16.2. The van der Waals surface area contributed by atoms with Gasteiger partial charge < -0.3 is 4.90 Å². The Kier molecular flexibility index (Phi) is 5.21. The lowest BCUT2D eigenvalue weighted by atomic mass is 10.1. The number of rotatable bonds is 4. The van der Waals surface area contributed by atoms with Crippen molar-refractivity contribution in [3.63, 3.8) is 0 Å². The van der Waals surface area contributed by atoms with Crippen molar-refractivity contribution < 1.29 is 17.6 Å². The Morgan fingerprint density at radius 3 is 2.40 bits per heavy atom. The van der Waals surface area contributed by atoms with E-state index in [1.54, 1.807) is 35.2 Å². The van der Waals surface area contributed by atoms with Crippen molar-refractivity contribution in [2.45, 2.75) is 17.6 Å². The minimum atomic E-state index is -3.50. The summed E-state index contributed by atoms with van der Waals surface area (Å²) in [7, 11) is -3.50. The van der Waals surface area contributed by atoms with Gasteiger partial charge in [-0.3, -0.25) is 4.79 Å². The molecule has 0 atom stereocenters. The molecule has 1 fully saturated rings. The highest BCUT2D eigenvalue weighted by atomic mass is 32.2. The van der Waals surface area contributed by atoms with Gasteiger partial charge in [0.1, 0.15) is 10.0 Å². The van der Waals surface area contributed by atoms with Gasteiger partial charge in [-0.05, 0) is 30.7 Å². The third kappa shape index (κ3) is 3.91. The van der Waals surface area contributed by atoms with Crippen molar-refractivity contribution >= 4 is 27.3 Å². The fraction of sp³-hybridized carbons (Fsp3) is 0.353. The van der Waals surface area contributed by atoms with Crippen LogP contribution in [0.25, 0.3) is 0 Å². The van der Waals surface area contributed by atoms with E-state index in [1.165, 1.54) is 21.7 Å². The molecule has 1 aromatic carbocycles. The van der Waals surface area contributed by atoms with E-state index in [9.17, 15) is 17.6 Å². The van der Waals surface area contributed by atoms with E-state index in [0.717, 1.165) is 4.88 Å². The molecule has 1 aromatic heterocycles. The molecular formula is C17H19FN2O3S2. The summed E-state index contributed by atoms with van der Waals surface area (Å²) in [6.07, 6.45) is -0.0104. The zero-order valence-corrected chi connectivity index (χ0v) is 15.4. The van der Waals surface area contributed by atoms with Crippen LogP contribution in [0.15, 0.2) is 40.6 Å². The Labute approximate surface area is 150 Å². The fourth-order valence-electron chi connectivity index (χ4n) is 2.77. The summed E-state index contributed by atoms with van der Waals surface area (Å²) in [6, 6.07) is 9.60. The summed E-state index contributed by atoms with van der Waals surface area (Å²) in [4.78, 5) is 14.9. The van der Waals surface area contributed by atoms with Crippen molar-refractivity contribution in [3.05, 3.63) is 52.7 Å². The van der Waals surface area contributed by atoms with E-state index in [4.69, 9.17) is 0 Å². The fourth-order valence-corrected chi connectivity index (χ4v) is 5.63. The standard InChI is InChI=1S/C17H19FN2O3S2/c1-13-6-7-17(24-13)25(22,23)20-10-8-19(9-11-20)16(21)12-14-4-2-3-5-15(14)18/h2-7H,8-12H2,1H3. The van der Waals surface area contributed by atoms with Gasteiger partial charge in [0.15, 0.2) is 0 Å². The number of benzene rings is 1. The zero-order valence-electron chi connectivity index (χ0n) is 13.8. The van der Waals surface area contributed by atoms with Crippen LogP contribution >= 0.6 is 11.3 Å². The first-order valence-electron chi connectivity index (χ1n) is 7.96. The monoisotopic (exact) mass is 382 g/mol. The maximum atomic E-state index is 13.7. The number of hydrogen-bond acceptors (Lipinski definition) is 4. The second-order valence-electron chi connectivity index (χ2n) is 5.92. The summed E-state index contributed by atoms with van der Waals surface area (Å²) in [5.74, 6) is -0.584. The molecule has 1 saturated heterocycles. The predicted molar refractivity (Wildman–Crippen MR) is 94.5 cm³/mol. The predicted octanol–water partition coefficient (Wildman–Crippen LogP) is 2.27. The minimum Gasteiger partial charge on any atom is -0.340 e. The number of piperazine rings is 1. The van der Waals surface area contributed by atoms with Crippen LogP contribution in [0.1, 0.15) is 10.4 Å². The van der Waals surface area contributed by atoms with Crippen molar-refractivity contribution in [1.82, 2.24) is 9.21 Å². The number of sulfonamides is 1. The Hall–Kier alpha value is -1.77. The minimum absolute atomic E-state index is 0.0104. The van der Waals surface area contributed by atoms with Crippen LogP contribution in [0.3, 0.4) is 0 Å². The molecule has 2 aromatic rings. The molecule has 134 valence electrons. The Morgan fingerprint density at radius 1 is 1.12 bits per heavy atom. The molecule has 0 radical (unpaired) electrons. The zero-order chi connectivity index (χ0) is 18.0. The van der Waals surface area contributed by atoms with E-state index < -0.39 is 15.8 Å². The number of amides is 1. The van der Waals surface area contributed by atoms with Crippen molar-refractivity contribution in [1.29, 1.82) is 0 Å². The summed E-state index contributed by atoms with van der Waals surface area (Å²) < 4.78 is 40.6. The van der Waals surface area contributed by atoms with Crippen LogP contribution in [0.5, 0.6) is 0 Å². The Morgan fingerprint density at radius 2 is 1.80 bits per heavy atom. The first-order valence-corrected chi connectivity index (χ1v) is 10.2. The first-order chi connectivity index (χ1) is 11.9. The maximum Gasteiger partial charge on any atom is 0.252 e. The topological polar surface area (TPSA) is 57.7 Å². The maximum absolute atomic E-state index is 13.7. The lowest BCUT2D eigenvalue weighted by Gasteiger charge is -2.33. The molecular weight excluding hydrogens is 363 g/mol. The molecule has 0 N–H and O–H groups in total. The van der Waals surface area contributed by atoms with Gasteiger partial charge in [0.25, 0.3) is 10.0 Å². The number of carbonyl (C=O) groups is 1. The summed E-state index contributed by atoms with van der Waals surface area (Å²) in [5.41, 5.74) is 0.358. The smallest absolute Gasteiger partial charge is 0.252 e. The second-order valence-corrected chi connectivity index (χ2v) is 9.37. The van der Waals surface area contributed by atoms with Crippen LogP contribution < -0.4 is 0 Å². The van der Waals surface area contributed by atoms with Crippen LogP contribution in [0.4, 0.5) is 4.39 Å². The second kappa shape index (κ2) is 7.23. The van der Waals surface area contributed by atoms with Crippen molar-refractivity contribution in [2.24, 2.45) is 0 Å². The summed E-state index contributed by atoms with van der Waals surface area (Å²) in [6.45, 7) is 3.00. The van der Waals surface area contributed by atoms with E-state index in [1.807, 2.05) is 6.92 Å². The van der Waals surface area contributed by atoms with Crippen molar-refractivity contribution in [2.75, 3.05) is 26.2 Å². The van der Waals surface area contributed by atoms with Gasteiger partial charge in [0.05, 0.1) is 6.42 Å². The highest BCUT2D eigenvalue weighted by molar-refractivity contribution is 7.91. The molecule has 0 unspecified atom stereocenters. The molecule has 0 saturated carbocycles. The van der Waals surface area contributed by atoms with Gasteiger partial charge >= 0.3 is 0 Å². The molecule has 1 aliphatic rings. The first kappa shape index (κ1) is 18.0. The van der Waals surface area contributed by atoms with Gasteiger partial charge in [0, 0.05) is 31.1 Å². The molecule has 0 bridgehead atoms. The van der Waals surface area contributed by atoms with E-state index in [-0.39, 0.29) is 25.4 Å². The summed E-state index contributed by atoms with van der Waals surface area (Å²) >= 11 is 1.25. The third-order valence-electron chi connectivity index (χ3n) is 4.20. The highest BCUT2D eigenvalue weighted by Crippen LogP contribution is 2.25. The van der Waals surface area contributed by atoms with Crippen LogP contribution in [-0.2, 0) is 21.2 Å². The quantitative estimate of drug-likeness (QED) is 0.815. The molecule has 3 rings (SSSR count). The molecule has 0 aliphatic carbocycles. The number of nitrogens with zero attached hydrogens (tertiary/aromatic N) is 2. The van der Waals surface area contributed by atoms with Gasteiger partial charge in [-0.1, -0.05) is 18.2 Å². The molecule has 1 amide bonds. The number of thiophene rings is 1. The summed E-state index contributed by atoms with van der Waals surface area (Å²) in [5, 5.41) is 0. The number of carbonyl (C=O) groups excluding carboxylic acids is 1. The molecule has 8 heteroatoms. The number of aryl methyl sites for hydroxylation is 1. The average Bonchev–Trinajstić information content (AvgIpc) is 3.04. The SMILES string of the molecule is Cc1ccc(S(=O)(=O)N2CCN(C(=O)Cc3ccccc3F)CC2)s1. The number of halogens is 1. The van der Waals surface area contributed by atoms with Crippen LogP contribution in [0, 0.1) is 12.7 Å². The van der Waals surface area contributed by atoms with Crippen molar-refractivity contribution in [3.8, 4) is 0 Å². The van der Waals surface area contributed by atoms with Gasteiger partial charge in [-0.2, -0.15) is 4.31 Å². The van der Waals surface area contributed by atoms with Crippen LogP contribution in [0.2, 0.25) is 0 Å². The Balaban J connectivity index is 1.62. The average molecular weight is 382 g/mol. The highest BCUT2D eigenvalue weighted by Gasteiger charge is 2.31. The number of hydrogen-bond donors (Lipinski definition) is 0. The lowest BCUT2D eigenvalue weighted by Crippen LogP contribution is -2.50. The molecule has 1 aliphatic heterocycles. The molecule has 0 spiro atoms. The molecule has 25 heavy (non-hydrogen) atoms. The van der Waals surface area contributed by atoms with E-state index >= 15 is 0 Å². The van der Waals surface area contributed by atoms with E-state index in [0.29, 0.717) is 22.9 Å². The van der Waals surface area contributed by atoms with E-state index in [2.05, 4.69) is 0 Å².